The number of rotatable bonds is 1. The third-order valence-corrected chi connectivity index (χ3v) is 3.84. The number of benzene rings is 1. The smallest absolute Gasteiger partial charge is 0.338 e. The molecule has 3 rings (SSSR count). The first-order chi connectivity index (χ1) is 8.31. The van der Waals surface area contributed by atoms with Crippen LogP contribution in [0.25, 0.3) is 0 Å². The zero-order valence-electron chi connectivity index (χ0n) is 10.1. The van der Waals surface area contributed by atoms with Crippen LogP contribution in [0.1, 0.15) is 39.9 Å². The minimum atomic E-state index is -0.163. The molecule has 0 spiro atoms. The minimum Gasteiger partial charge on any atom is -0.465 e. The van der Waals surface area contributed by atoms with Crippen LogP contribution >= 0.6 is 0 Å². The summed E-state index contributed by atoms with van der Waals surface area (Å²) in [5, 5.41) is 3.36. The van der Waals surface area contributed by atoms with E-state index in [9.17, 15) is 4.79 Å². The van der Waals surface area contributed by atoms with Crippen LogP contribution in [0.3, 0.4) is 0 Å². The average Bonchev–Trinajstić information content (AvgIpc) is 2.82. The molecular weight excluding hydrogens is 214 g/mol. The van der Waals surface area contributed by atoms with Crippen molar-refractivity contribution < 1.29 is 9.53 Å². The molecule has 90 valence electrons. The van der Waals surface area contributed by atoms with Crippen LogP contribution in [0, 0.1) is 0 Å². The third-order valence-electron chi connectivity index (χ3n) is 3.84. The highest BCUT2D eigenvalue weighted by Gasteiger charge is 2.26. The van der Waals surface area contributed by atoms with Crippen LogP contribution in [0.4, 0.5) is 5.69 Å². The number of anilines is 1. The lowest BCUT2D eigenvalue weighted by Gasteiger charge is -2.21. The van der Waals surface area contributed by atoms with Gasteiger partial charge in [0.25, 0.3) is 0 Å². The van der Waals surface area contributed by atoms with E-state index < -0.39 is 0 Å². The summed E-state index contributed by atoms with van der Waals surface area (Å²) in [6, 6.07) is 2.24. The average molecular weight is 231 g/mol. The zero-order chi connectivity index (χ0) is 11.8. The van der Waals surface area contributed by atoms with E-state index in [0.717, 1.165) is 42.6 Å². The number of carbonyl (C=O) groups is 1. The molecule has 0 radical (unpaired) electrons. The van der Waals surface area contributed by atoms with Gasteiger partial charge in [0.15, 0.2) is 0 Å². The second-order valence-corrected chi connectivity index (χ2v) is 4.79. The van der Waals surface area contributed by atoms with E-state index in [1.54, 1.807) is 0 Å². The molecule has 3 heteroatoms. The van der Waals surface area contributed by atoms with Crippen molar-refractivity contribution in [2.45, 2.75) is 32.1 Å². The van der Waals surface area contributed by atoms with E-state index >= 15 is 0 Å². The van der Waals surface area contributed by atoms with E-state index in [2.05, 4.69) is 11.4 Å². The van der Waals surface area contributed by atoms with E-state index in [1.807, 2.05) is 0 Å². The predicted molar refractivity (Wildman–Crippen MR) is 66.6 cm³/mol. The lowest BCUT2D eigenvalue weighted by atomic mass is 9.85. The van der Waals surface area contributed by atoms with Gasteiger partial charge in [0.05, 0.1) is 12.7 Å². The number of esters is 1. The van der Waals surface area contributed by atoms with Gasteiger partial charge in [0.2, 0.25) is 0 Å². The highest BCUT2D eigenvalue weighted by Crippen LogP contribution is 2.35. The Bertz CT molecular complexity index is 480. The first-order valence-electron chi connectivity index (χ1n) is 6.31. The van der Waals surface area contributed by atoms with Crippen LogP contribution in [-0.2, 0) is 24.0 Å². The third kappa shape index (κ3) is 1.61. The van der Waals surface area contributed by atoms with Gasteiger partial charge in [0.1, 0.15) is 0 Å². The highest BCUT2D eigenvalue weighted by atomic mass is 16.5. The van der Waals surface area contributed by atoms with E-state index in [1.165, 1.54) is 31.1 Å². The maximum atomic E-state index is 12.0. The van der Waals surface area contributed by atoms with Crippen molar-refractivity contribution in [3.63, 3.8) is 0 Å². The quantitative estimate of drug-likeness (QED) is 0.754. The van der Waals surface area contributed by atoms with E-state index in [4.69, 9.17) is 4.74 Å². The van der Waals surface area contributed by atoms with Crippen LogP contribution in [0.5, 0.6) is 0 Å². The number of aryl methyl sites for hydroxylation is 1. The summed E-state index contributed by atoms with van der Waals surface area (Å²) in [4.78, 5) is 12.0. The zero-order valence-corrected chi connectivity index (χ0v) is 10.1. The topological polar surface area (TPSA) is 38.3 Å². The molecule has 1 aromatic carbocycles. The largest absolute Gasteiger partial charge is 0.465 e. The van der Waals surface area contributed by atoms with Crippen molar-refractivity contribution in [3.05, 3.63) is 28.3 Å². The summed E-state index contributed by atoms with van der Waals surface area (Å²) in [6.07, 6.45) is 5.46. The van der Waals surface area contributed by atoms with Crippen LogP contribution in [0.2, 0.25) is 0 Å². The molecule has 1 N–H and O–H groups in total. The normalized spacial score (nSPS) is 17.0. The van der Waals surface area contributed by atoms with Gasteiger partial charge >= 0.3 is 5.97 Å². The molecule has 0 atom stereocenters. The van der Waals surface area contributed by atoms with Gasteiger partial charge in [-0.05, 0) is 54.9 Å². The molecule has 1 aliphatic heterocycles. The molecule has 0 aromatic heterocycles. The fraction of sp³-hybridized carbons (Fsp3) is 0.500. The van der Waals surface area contributed by atoms with Gasteiger partial charge in [-0.3, -0.25) is 0 Å². The fourth-order valence-electron chi connectivity index (χ4n) is 3.04. The first-order valence-corrected chi connectivity index (χ1v) is 6.31. The Balaban J connectivity index is 2.21. The van der Waals surface area contributed by atoms with E-state index in [0.29, 0.717) is 0 Å². The number of ether oxygens (including phenoxy) is 1. The maximum absolute atomic E-state index is 12.0. The second kappa shape index (κ2) is 4.06. The lowest BCUT2D eigenvalue weighted by Crippen LogP contribution is -2.14. The van der Waals surface area contributed by atoms with Gasteiger partial charge in [-0.1, -0.05) is 0 Å². The van der Waals surface area contributed by atoms with Crippen LogP contribution in [0.15, 0.2) is 6.07 Å². The molecule has 0 bridgehead atoms. The summed E-state index contributed by atoms with van der Waals surface area (Å²) >= 11 is 0. The van der Waals surface area contributed by atoms with Crippen molar-refractivity contribution in [1.82, 2.24) is 0 Å². The molecular formula is C14H17NO2. The Morgan fingerprint density at radius 1 is 1.24 bits per heavy atom. The lowest BCUT2D eigenvalue weighted by molar-refractivity contribution is 0.0598. The van der Waals surface area contributed by atoms with Gasteiger partial charge < -0.3 is 10.1 Å². The van der Waals surface area contributed by atoms with Gasteiger partial charge in [-0.15, -0.1) is 0 Å². The number of hydrogen-bond donors (Lipinski definition) is 1. The van der Waals surface area contributed by atoms with Crippen molar-refractivity contribution in [2.24, 2.45) is 0 Å². The first kappa shape index (κ1) is 10.6. The number of hydrogen-bond acceptors (Lipinski definition) is 3. The molecule has 1 aliphatic carbocycles. The SMILES string of the molecule is COC(=O)c1c2c(cc3c1CCN3)CCCC2. The number of nitrogens with one attached hydrogen (secondary N) is 1. The molecule has 17 heavy (non-hydrogen) atoms. The number of fused-ring (bicyclic) bond motifs is 2. The summed E-state index contributed by atoms with van der Waals surface area (Å²) in [5.41, 5.74) is 5.74. The molecule has 1 heterocycles. The predicted octanol–water partition coefficient (Wildman–Crippen LogP) is 2.32. The highest BCUT2D eigenvalue weighted by molar-refractivity contribution is 5.95. The van der Waals surface area contributed by atoms with Crippen molar-refractivity contribution in [1.29, 1.82) is 0 Å². The maximum Gasteiger partial charge on any atom is 0.338 e. The summed E-state index contributed by atoms with van der Waals surface area (Å²) in [7, 11) is 1.47. The van der Waals surface area contributed by atoms with Crippen molar-refractivity contribution in [2.75, 3.05) is 19.0 Å². The van der Waals surface area contributed by atoms with Gasteiger partial charge in [-0.2, -0.15) is 0 Å². The Hall–Kier alpha value is -1.51. The molecule has 1 aromatic rings. The van der Waals surface area contributed by atoms with Crippen molar-refractivity contribution >= 4 is 11.7 Å². The summed E-state index contributed by atoms with van der Waals surface area (Å²) < 4.78 is 4.96. The van der Waals surface area contributed by atoms with Crippen LogP contribution in [-0.4, -0.2) is 19.6 Å². The second-order valence-electron chi connectivity index (χ2n) is 4.79. The fourth-order valence-corrected chi connectivity index (χ4v) is 3.04. The molecule has 0 fully saturated rings. The standard InChI is InChI=1S/C14H17NO2/c1-17-14(16)13-10-5-3-2-4-9(10)8-12-11(13)6-7-15-12/h8,15H,2-7H2,1H3. The Labute approximate surface area is 101 Å². The Morgan fingerprint density at radius 2 is 2.06 bits per heavy atom. The van der Waals surface area contributed by atoms with Gasteiger partial charge in [0, 0.05) is 12.2 Å². The minimum absolute atomic E-state index is 0.163. The Kier molecular flexibility index (Phi) is 2.54. The van der Waals surface area contributed by atoms with Crippen LogP contribution < -0.4 is 5.32 Å². The molecule has 3 nitrogen and oxygen atoms in total. The monoisotopic (exact) mass is 231 g/mol. The molecule has 0 amide bonds. The summed E-state index contributed by atoms with van der Waals surface area (Å²) in [5.74, 6) is -0.163. The van der Waals surface area contributed by atoms with E-state index in [-0.39, 0.29) is 5.97 Å². The molecule has 0 saturated carbocycles. The summed E-state index contributed by atoms with van der Waals surface area (Å²) in [6.45, 7) is 0.933. The van der Waals surface area contributed by atoms with Gasteiger partial charge in [-0.25, -0.2) is 4.79 Å². The number of carbonyl (C=O) groups excluding carboxylic acids is 1. The molecule has 2 aliphatic rings. The molecule has 0 unspecified atom stereocenters. The molecule has 0 saturated heterocycles. The number of methoxy groups -OCH3 is 1. The Morgan fingerprint density at radius 3 is 2.88 bits per heavy atom. The van der Waals surface area contributed by atoms with Crippen molar-refractivity contribution in [3.8, 4) is 0 Å².